The molecule has 3 rings (SSSR count). The molecule has 2 aromatic heterocycles. The van der Waals surface area contributed by atoms with Crippen molar-refractivity contribution in [1.82, 2.24) is 25.0 Å². The number of likely N-dealkylation sites (tertiary alicyclic amines) is 1. The maximum Gasteiger partial charge on any atom is 0.193 e. The van der Waals surface area contributed by atoms with E-state index in [1.165, 1.54) is 5.56 Å². The van der Waals surface area contributed by atoms with Crippen molar-refractivity contribution in [2.24, 2.45) is 12.0 Å². The molecule has 0 saturated carbocycles. The Bertz CT molecular complexity index is 797. The van der Waals surface area contributed by atoms with Gasteiger partial charge in [-0.3, -0.25) is 14.7 Å². The van der Waals surface area contributed by atoms with Gasteiger partial charge in [-0.05, 0) is 25.8 Å². The van der Waals surface area contributed by atoms with Crippen molar-refractivity contribution in [3.63, 3.8) is 0 Å². The fraction of sp³-hybridized carbons (Fsp3) is 0.526. The van der Waals surface area contributed by atoms with Gasteiger partial charge in [-0.2, -0.15) is 5.10 Å². The summed E-state index contributed by atoms with van der Waals surface area (Å²) in [4.78, 5) is 11.3. The highest BCUT2D eigenvalue weighted by atomic mass is 16.5. The number of pyridine rings is 1. The Kier molecular flexibility index (Phi) is 5.44. The van der Waals surface area contributed by atoms with Gasteiger partial charge in [0.15, 0.2) is 5.96 Å². The molecule has 0 spiro atoms. The molecule has 1 aliphatic rings. The monoisotopic (exact) mass is 356 g/mol. The minimum absolute atomic E-state index is 0.501. The molecule has 7 heteroatoms. The summed E-state index contributed by atoms with van der Waals surface area (Å²) in [5.74, 6) is 2.32. The lowest BCUT2D eigenvalue weighted by atomic mass is 10.0. The zero-order valence-corrected chi connectivity index (χ0v) is 16.3. The Labute approximate surface area is 155 Å². The fourth-order valence-corrected chi connectivity index (χ4v) is 3.62. The van der Waals surface area contributed by atoms with E-state index in [9.17, 15) is 0 Å². The maximum absolute atomic E-state index is 5.50. The van der Waals surface area contributed by atoms with Gasteiger partial charge in [0.1, 0.15) is 5.75 Å². The third-order valence-electron chi connectivity index (χ3n) is 5.06. The largest absolute Gasteiger partial charge is 0.496 e. The van der Waals surface area contributed by atoms with Crippen molar-refractivity contribution in [3.8, 4) is 5.75 Å². The third kappa shape index (κ3) is 3.66. The molecular formula is C19H28N6O. The average Bonchev–Trinajstić information content (AvgIpc) is 3.27. The third-order valence-corrected chi connectivity index (χ3v) is 5.06. The summed E-state index contributed by atoms with van der Waals surface area (Å²) in [6, 6.07) is 0. The molecule has 0 aliphatic carbocycles. The van der Waals surface area contributed by atoms with Crippen LogP contribution in [0.15, 0.2) is 23.6 Å². The lowest BCUT2D eigenvalue weighted by molar-refractivity contribution is 0.406. The number of aryl methyl sites for hydroxylation is 2. The summed E-state index contributed by atoms with van der Waals surface area (Å²) in [6.07, 6.45) is 7.05. The Hall–Kier alpha value is -2.57. The van der Waals surface area contributed by atoms with Crippen LogP contribution in [0.4, 0.5) is 0 Å². The summed E-state index contributed by atoms with van der Waals surface area (Å²) in [5.41, 5.74) is 4.41. The van der Waals surface area contributed by atoms with Crippen LogP contribution in [0.2, 0.25) is 0 Å². The standard InChI is InChI=1S/C19H28N6O/c1-13-8-21-17(14(2)18(13)26-5)10-22-19(20-3)25-7-6-15(12-25)16-9-23-24(4)11-16/h8-9,11,15H,6-7,10,12H2,1-5H3,(H,20,22). The molecule has 140 valence electrons. The highest BCUT2D eigenvalue weighted by Gasteiger charge is 2.27. The first kappa shape index (κ1) is 18.2. The van der Waals surface area contributed by atoms with Crippen LogP contribution in [0.3, 0.4) is 0 Å². The lowest BCUT2D eigenvalue weighted by Crippen LogP contribution is -2.39. The molecule has 1 fully saturated rings. The molecule has 26 heavy (non-hydrogen) atoms. The average molecular weight is 356 g/mol. The van der Waals surface area contributed by atoms with Crippen LogP contribution in [0.5, 0.6) is 5.75 Å². The van der Waals surface area contributed by atoms with Crippen molar-refractivity contribution in [2.75, 3.05) is 27.2 Å². The van der Waals surface area contributed by atoms with Gasteiger partial charge in [-0.25, -0.2) is 0 Å². The molecule has 1 atom stereocenters. The van der Waals surface area contributed by atoms with Gasteiger partial charge in [-0.1, -0.05) is 0 Å². The van der Waals surface area contributed by atoms with Crippen LogP contribution >= 0.6 is 0 Å². The second kappa shape index (κ2) is 7.76. The topological polar surface area (TPSA) is 67.6 Å². The molecule has 1 aliphatic heterocycles. The Morgan fingerprint density at radius 2 is 2.19 bits per heavy atom. The number of nitrogens with zero attached hydrogens (tertiary/aromatic N) is 5. The van der Waals surface area contributed by atoms with Gasteiger partial charge in [0.25, 0.3) is 0 Å². The molecule has 0 bridgehead atoms. The second-order valence-corrected chi connectivity index (χ2v) is 6.83. The lowest BCUT2D eigenvalue weighted by Gasteiger charge is -2.22. The second-order valence-electron chi connectivity index (χ2n) is 6.83. The molecule has 1 saturated heterocycles. The zero-order valence-electron chi connectivity index (χ0n) is 16.3. The first-order chi connectivity index (χ1) is 12.5. The van der Waals surface area contributed by atoms with Crippen molar-refractivity contribution in [2.45, 2.75) is 32.7 Å². The van der Waals surface area contributed by atoms with Gasteiger partial charge in [0, 0.05) is 56.6 Å². The summed E-state index contributed by atoms with van der Waals surface area (Å²) in [7, 11) is 5.49. The molecule has 0 radical (unpaired) electrons. The van der Waals surface area contributed by atoms with Crippen LogP contribution in [0.25, 0.3) is 0 Å². The van der Waals surface area contributed by atoms with Crippen LogP contribution in [-0.2, 0) is 13.6 Å². The van der Waals surface area contributed by atoms with Gasteiger partial charge in [0.2, 0.25) is 0 Å². The summed E-state index contributed by atoms with van der Waals surface area (Å²) >= 11 is 0. The number of nitrogens with one attached hydrogen (secondary N) is 1. The number of methoxy groups -OCH3 is 1. The van der Waals surface area contributed by atoms with Crippen molar-refractivity contribution in [3.05, 3.63) is 41.0 Å². The van der Waals surface area contributed by atoms with E-state index in [0.29, 0.717) is 12.5 Å². The van der Waals surface area contributed by atoms with Crippen molar-refractivity contribution >= 4 is 5.96 Å². The van der Waals surface area contributed by atoms with Gasteiger partial charge in [-0.15, -0.1) is 0 Å². The first-order valence-corrected chi connectivity index (χ1v) is 8.96. The predicted molar refractivity (Wildman–Crippen MR) is 103 cm³/mol. The number of hydrogen-bond donors (Lipinski definition) is 1. The number of aromatic nitrogens is 3. The molecule has 2 aromatic rings. The minimum atomic E-state index is 0.501. The highest BCUT2D eigenvalue weighted by molar-refractivity contribution is 5.80. The van der Waals surface area contributed by atoms with Gasteiger partial charge in [0.05, 0.1) is 25.5 Å². The molecule has 1 unspecified atom stereocenters. The smallest absolute Gasteiger partial charge is 0.193 e. The minimum Gasteiger partial charge on any atom is -0.496 e. The first-order valence-electron chi connectivity index (χ1n) is 8.96. The Morgan fingerprint density at radius 3 is 2.85 bits per heavy atom. The van der Waals surface area contributed by atoms with Crippen molar-refractivity contribution in [1.29, 1.82) is 0 Å². The van der Waals surface area contributed by atoms with E-state index in [2.05, 4.69) is 31.5 Å². The van der Waals surface area contributed by atoms with Crippen LogP contribution in [-0.4, -0.2) is 52.9 Å². The van der Waals surface area contributed by atoms with Crippen LogP contribution in [0, 0.1) is 13.8 Å². The maximum atomic E-state index is 5.50. The fourth-order valence-electron chi connectivity index (χ4n) is 3.62. The van der Waals surface area contributed by atoms with Crippen LogP contribution < -0.4 is 10.1 Å². The SMILES string of the molecule is CN=C(NCc1ncc(C)c(OC)c1C)N1CCC(c2cnn(C)c2)C1. The Morgan fingerprint density at radius 1 is 1.38 bits per heavy atom. The van der Waals surface area contributed by atoms with Gasteiger partial charge >= 0.3 is 0 Å². The number of aliphatic imine (C=N–C) groups is 1. The zero-order chi connectivity index (χ0) is 18.7. The number of guanidine groups is 1. The number of ether oxygens (including phenoxy) is 1. The summed E-state index contributed by atoms with van der Waals surface area (Å²) in [5, 5.41) is 7.75. The predicted octanol–water partition coefficient (Wildman–Crippen LogP) is 2.01. The molecule has 3 heterocycles. The number of rotatable bonds is 4. The van der Waals surface area contributed by atoms with E-state index >= 15 is 0 Å². The van der Waals surface area contributed by atoms with E-state index in [1.807, 2.05) is 45.0 Å². The normalized spacial score (nSPS) is 17.7. The molecule has 0 aromatic carbocycles. The van der Waals surface area contributed by atoms with Crippen LogP contribution in [0.1, 0.15) is 34.7 Å². The van der Waals surface area contributed by atoms with E-state index < -0.39 is 0 Å². The molecular weight excluding hydrogens is 328 g/mol. The Balaban J connectivity index is 1.64. The summed E-state index contributed by atoms with van der Waals surface area (Å²) in [6.45, 7) is 6.63. The van der Waals surface area contributed by atoms with Crippen molar-refractivity contribution < 1.29 is 4.74 Å². The van der Waals surface area contributed by atoms with E-state index in [1.54, 1.807) is 7.11 Å². The number of hydrogen-bond acceptors (Lipinski definition) is 4. The summed E-state index contributed by atoms with van der Waals surface area (Å²) < 4.78 is 7.36. The van der Waals surface area contributed by atoms with E-state index in [-0.39, 0.29) is 0 Å². The molecule has 7 nitrogen and oxygen atoms in total. The quantitative estimate of drug-likeness (QED) is 0.670. The molecule has 1 N–H and O–H groups in total. The highest BCUT2D eigenvalue weighted by Crippen LogP contribution is 2.27. The van der Waals surface area contributed by atoms with E-state index in [0.717, 1.165) is 48.0 Å². The molecule has 0 amide bonds. The van der Waals surface area contributed by atoms with Gasteiger partial charge < -0.3 is 15.0 Å². The van der Waals surface area contributed by atoms with E-state index in [4.69, 9.17) is 4.74 Å².